The van der Waals surface area contributed by atoms with E-state index in [4.69, 9.17) is 0 Å². The van der Waals surface area contributed by atoms with Crippen molar-refractivity contribution in [2.45, 2.75) is 105 Å². The smallest absolute Gasteiger partial charge is 0.252 e. The molecule has 0 aliphatic carbocycles. The SMILES string of the molecule is CCCCc1cc(CCCC)c(-c2c(C(C)(C)C)cc3c4c2Nc2cc(-n5c6ccccc6c6ccccc65)ccc2B4c2cc(-c4ccccc4)ccc2N3c2c(-c3ccccc3)cc(-c3ccccc3)cc2-c2ccccc2)c(CCCC)c1. The van der Waals surface area contributed by atoms with E-state index in [0.717, 1.165) is 56.3 Å². The van der Waals surface area contributed by atoms with Gasteiger partial charge in [0.05, 0.1) is 16.7 Å². The second kappa shape index (κ2) is 23.0. The number of aryl methyl sites for hydroxylation is 3. The molecule has 0 radical (unpaired) electrons. The maximum atomic E-state index is 4.51. The number of unbranched alkanes of at least 4 members (excludes halogenated alkanes) is 3. The van der Waals surface area contributed by atoms with Crippen LogP contribution in [0.5, 0.6) is 0 Å². The number of aromatic nitrogens is 1. The minimum absolute atomic E-state index is 0.128. The van der Waals surface area contributed by atoms with Gasteiger partial charge in [0.15, 0.2) is 0 Å². The van der Waals surface area contributed by atoms with Gasteiger partial charge in [-0.2, -0.15) is 0 Å². The molecule has 2 aliphatic heterocycles. The molecule has 0 unspecified atom stereocenters. The average Bonchev–Trinajstić information content (AvgIpc) is 0.832. The van der Waals surface area contributed by atoms with E-state index in [2.05, 4.69) is 293 Å². The molecule has 1 aromatic heterocycles. The second-order valence-corrected chi connectivity index (χ2v) is 25.1. The maximum Gasteiger partial charge on any atom is 0.252 e. The first-order chi connectivity index (χ1) is 42.2. The number of anilines is 5. The topological polar surface area (TPSA) is 20.2 Å². The first-order valence-electron chi connectivity index (χ1n) is 31.8. The van der Waals surface area contributed by atoms with E-state index in [-0.39, 0.29) is 12.1 Å². The van der Waals surface area contributed by atoms with Crippen molar-refractivity contribution < 1.29 is 0 Å². The summed E-state index contributed by atoms with van der Waals surface area (Å²) in [6.45, 7) is 14.3. The minimum Gasteiger partial charge on any atom is -0.356 e. The standard InChI is InChI=1S/C82H76BN3/c1-7-10-29-55-48-61(30-11-8-2)77(62(49-55)31-12-9-3)78-69(82(4,5)6)54-76-79-80(78)84-72-53-64(85-73-42-27-25-40-65(73)66-41-26-28-43-74(66)85)45-46-70(72)83(79)71-52-60(56-32-17-13-18-33-56)44-47-75(71)86(76)81-67(58-36-21-15-22-37-58)50-63(57-34-19-14-20-35-57)51-68(81)59-38-23-16-24-39-59/h13-28,32-54,84H,7-12,29-31H2,1-6H3. The van der Waals surface area contributed by atoms with Gasteiger partial charge in [-0.25, -0.2) is 0 Å². The van der Waals surface area contributed by atoms with Crippen molar-refractivity contribution in [1.29, 1.82) is 0 Å². The molecule has 4 heteroatoms. The van der Waals surface area contributed by atoms with E-state index in [9.17, 15) is 0 Å². The molecule has 0 atom stereocenters. The fourth-order valence-corrected chi connectivity index (χ4v) is 14.3. The lowest BCUT2D eigenvalue weighted by atomic mass is 9.33. The van der Waals surface area contributed by atoms with Gasteiger partial charge in [-0.1, -0.05) is 249 Å². The molecule has 12 aromatic rings. The summed E-state index contributed by atoms with van der Waals surface area (Å²) in [5, 5.41) is 7.03. The Hall–Kier alpha value is -9.12. The fourth-order valence-electron chi connectivity index (χ4n) is 14.3. The predicted octanol–water partition coefficient (Wildman–Crippen LogP) is 20.8. The molecule has 0 fully saturated rings. The Bertz CT molecular complexity index is 4330. The Kier molecular flexibility index (Phi) is 14.7. The number of hydrogen-bond donors (Lipinski definition) is 1. The fraction of sp³-hybridized carbons (Fsp3) is 0.195. The van der Waals surface area contributed by atoms with Crippen molar-refractivity contribution in [3.05, 3.63) is 259 Å². The van der Waals surface area contributed by atoms with Crippen molar-refractivity contribution in [3.8, 4) is 61.3 Å². The van der Waals surface area contributed by atoms with Crippen LogP contribution in [0.4, 0.5) is 28.4 Å². The zero-order valence-electron chi connectivity index (χ0n) is 50.9. The molecule has 422 valence electrons. The lowest BCUT2D eigenvalue weighted by Crippen LogP contribution is -2.60. The normalized spacial score (nSPS) is 12.5. The monoisotopic (exact) mass is 1110 g/mol. The van der Waals surface area contributed by atoms with Crippen molar-refractivity contribution >= 4 is 73.3 Å². The minimum atomic E-state index is -0.279. The number of nitrogens with one attached hydrogen (secondary N) is 1. The highest BCUT2D eigenvalue weighted by Gasteiger charge is 2.45. The molecule has 0 bridgehead atoms. The summed E-state index contributed by atoms with van der Waals surface area (Å²) < 4.78 is 2.49. The van der Waals surface area contributed by atoms with Gasteiger partial charge in [-0.3, -0.25) is 0 Å². The van der Waals surface area contributed by atoms with Crippen LogP contribution in [0.15, 0.2) is 237 Å². The van der Waals surface area contributed by atoms with E-state index >= 15 is 0 Å². The predicted molar refractivity (Wildman–Crippen MR) is 372 cm³/mol. The van der Waals surface area contributed by atoms with Gasteiger partial charge < -0.3 is 14.8 Å². The molecule has 0 amide bonds. The molecule has 3 heterocycles. The first-order valence-corrected chi connectivity index (χ1v) is 31.8. The summed E-state index contributed by atoms with van der Waals surface area (Å²) in [5.74, 6) is 0. The van der Waals surface area contributed by atoms with Crippen molar-refractivity contribution in [1.82, 2.24) is 4.57 Å². The number of fused-ring (bicyclic) bond motifs is 7. The van der Waals surface area contributed by atoms with Crippen LogP contribution in [-0.2, 0) is 24.7 Å². The molecule has 14 rings (SSSR count). The van der Waals surface area contributed by atoms with Crippen LogP contribution in [0.1, 0.15) is 102 Å². The van der Waals surface area contributed by atoms with Crippen molar-refractivity contribution in [2.24, 2.45) is 0 Å². The number of rotatable bonds is 16. The van der Waals surface area contributed by atoms with Crippen molar-refractivity contribution in [3.63, 3.8) is 0 Å². The van der Waals surface area contributed by atoms with E-state index in [0.29, 0.717) is 0 Å². The maximum absolute atomic E-state index is 4.51. The average molecular weight is 1110 g/mol. The quantitative estimate of drug-likeness (QED) is 0.0973. The molecule has 0 saturated heterocycles. The molecule has 86 heavy (non-hydrogen) atoms. The molecule has 0 saturated carbocycles. The molecular weight excluding hydrogens is 1040 g/mol. The summed E-state index contributed by atoms with van der Waals surface area (Å²) in [6.07, 6.45) is 10.1. The van der Waals surface area contributed by atoms with Crippen LogP contribution in [0.3, 0.4) is 0 Å². The van der Waals surface area contributed by atoms with Gasteiger partial charge >= 0.3 is 0 Å². The highest BCUT2D eigenvalue weighted by Crippen LogP contribution is 2.54. The lowest BCUT2D eigenvalue weighted by molar-refractivity contribution is 0.592. The Morgan fingerprint density at radius 3 is 1.48 bits per heavy atom. The molecule has 2 aliphatic rings. The third kappa shape index (κ3) is 9.74. The molecule has 0 spiro atoms. The van der Waals surface area contributed by atoms with Gasteiger partial charge in [0, 0.05) is 55.9 Å². The van der Waals surface area contributed by atoms with Gasteiger partial charge in [0.2, 0.25) is 0 Å². The number of benzene rings is 11. The summed E-state index contributed by atoms with van der Waals surface area (Å²) in [7, 11) is 0. The molecule has 3 nitrogen and oxygen atoms in total. The van der Waals surface area contributed by atoms with Crippen LogP contribution in [0.2, 0.25) is 0 Å². The third-order valence-electron chi connectivity index (χ3n) is 18.5. The van der Waals surface area contributed by atoms with E-state index in [1.165, 1.54) is 152 Å². The van der Waals surface area contributed by atoms with Crippen LogP contribution in [-0.4, -0.2) is 11.3 Å². The van der Waals surface area contributed by atoms with E-state index in [1.807, 2.05) is 0 Å². The van der Waals surface area contributed by atoms with Gasteiger partial charge in [-0.15, -0.1) is 0 Å². The van der Waals surface area contributed by atoms with Gasteiger partial charge in [-0.05, 0) is 170 Å². The molecule has 1 N–H and O–H groups in total. The third-order valence-corrected chi connectivity index (χ3v) is 18.5. The number of para-hydroxylation sites is 2. The summed E-state index contributed by atoms with van der Waals surface area (Å²) >= 11 is 0. The van der Waals surface area contributed by atoms with Crippen molar-refractivity contribution in [2.75, 3.05) is 10.2 Å². The summed E-state index contributed by atoms with van der Waals surface area (Å²) in [5.41, 5.74) is 31.3. The molecular formula is C82H76BN3. The van der Waals surface area contributed by atoms with Crippen LogP contribution in [0.25, 0.3) is 83.1 Å². The number of nitrogens with zero attached hydrogens (tertiary/aromatic N) is 2. The largest absolute Gasteiger partial charge is 0.356 e. The zero-order valence-corrected chi connectivity index (χ0v) is 50.9. The van der Waals surface area contributed by atoms with E-state index < -0.39 is 0 Å². The Morgan fingerprint density at radius 1 is 0.419 bits per heavy atom. The lowest BCUT2D eigenvalue weighted by Gasteiger charge is -2.44. The summed E-state index contributed by atoms with van der Waals surface area (Å²) in [6, 6.07) is 89.7. The van der Waals surface area contributed by atoms with Gasteiger partial charge in [0.1, 0.15) is 0 Å². The Balaban J connectivity index is 1.15. The van der Waals surface area contributed by atoms with E-state index in [1.54, 1.807) is 0 Å². The second-order valence-electron chi connectivity index (χ2n) is 25.1. The Morgan fingerprint density at radius 2 is 0.930 bits per heavy atom. The van der Waals surface area contributed by atoms with Crippen LogP contribution >= 0.6 is 0 Å². The molecule has 11 aromatic carbocycles. The Labute approximate surface area is 510 Å². The van der Waals surface area contributed by atoms with Crippen LogP contribution < -0.4 is 26.6 Å². The van der Waals surface area contributed by atoms with Gasteiger partial charge in [0.25, 0.3) is 6.71 Å². The highest BCUT2D eigenvalue weighted by atomic mass is 15.2. The zero-order chi connectivity index (χ0) is 58.5. The van der Waals surface area contributed by atoms with Crippen LogP contribution in [0, 0.1) is 0 Å². The highest BCUT2D eigenvalue weighted by molar-refractivity contribution is 7.00. The number of hydrogen-bond acceptors (Lipinski definition) is 2. The summed E-state index contributed by atoms with van der Waals surface area (Å²) in [4.78, 5) is 2.71. The first kappa shape index (κ1) is 54.8.